The van der Waals surface area contributed by atoms with Crippen LogP contribution in [0.4, 0.5) is 0 Å². The first-order chi connectivity index (χ1) is 8.60. The monoisotopic (exact) mass is 368 g/mol. The van der Waals surface area contributed by atoms with Crippen molar-refractivity contribution in [2.45, 2.75) is 19.4 Å². The largest absolute Gasteiger partial charge is 0.384 e. The predicted octanol–water partition coefficient (Wildman–Crippen LogP) is 4.86. The van der Waals surface area contributed by atoms with Gasteiger partial charge in [-0.1, -0.05) is 63.0 Å². The van der Waals surface area contributed by atoms with Gasteiger partial charge in [-0.05, 0) is 41.3 Å². The third kappa shape index (κ3) is 3.22. The zero-order valence-electron chi connectivity index (χ0n) is 10.0. The highest BCUT2D eigenvalue weighted by molar-refractivity contribution is 9.11. The van der Waals surface area contributed by atoms with Crippen molar-refractivity contribution in [2.75, 3.05) is 0 Å². The van der Waals surface area contributed by atoms with E-state index in [1.165, 1.54) is 5.56 Å². The van der Waals surface area contributed by atoms with E-state index < -0.39 is 6.10 Å². The molecule has 0 aromatic heterocycles. The Morgan fingerprint density at radius 2 is 1.50 bits per heavy atom. The molecule has 0 saturated carbocycles. The highest BCUT2D eigenvalue weighted by Crippen LogP contribution is 2.28. The normalized spacial score (nSPS) is 12.4. The van der Waals surface area contributed by atoms with E-state index in [4.69, 9.17) is 0 Å². The summed E-state index contributed by atoms with van der Waals surface area (Å²) >= 11 is 6.87. The zero-order valence-corrected chi connectivity index (χ0v) is 13.2. The van der Waals surface area contributed by atoms with E-state index in [9.17, 15) is 5.11 Å². The second-order valence-electron chi connectivity index (χ2n) is 4.20. The lowest BCUT2D eigenvalue weighted by atomic mass is 10.00. The summed E-state index contributed by atoms with van der Waals surface area (Å²) in [6.45, 7) is 2.12. The number of hydrogen-bond donors (Lipinski definition) is 1. The summed E-state index contributed by atoms with van der Waals surface area (Å²) in [4.78, 5) is 0. The molecule has 0 radical (unpaired) electrons. The second kappa shape index (κ2) is 6.00. The van der Waals surface area contributed by atoms with Crippen LogP contribution >= 0.6 is 31.9 Å². The molecule has 0 aliphatic heterocycles. The molecule has 0 heterocycles. The van der Waals surface area contributed by atoms with E-state index in [0.29, 0.717) is 0 Å². The Morgan fingerprint density at radius 1 is 0.944 bits per heavy atom. The van der Waals surface area contributed by atoms with Gasteiger partial charge in [0, 0.05) is 8.95 Å². The SMILES string of the molecule is CCc1ccc(C(O)c2cc(Br)cc(Br)c2)cc1. The molecule has 0 fully saturated rings. The Morgan fingerprint density at radius 3 is 2.00 bits per heavy atom. The molecule has 1 N–H and O–H groups in total. The van der Waals surface area contributed by atoms with E-state index in [1.54, 1.807) is 0 Å². The highest BCUT2D eigenvalue weighted by atomic mass is 79.9. The third-order valence-electron chi connectivity index (χ3n) is 2.90. The molecule has 2 aromatic carbocycles. The zero-order chi connectivity index (χ0) is 13.1. The molecule has 1 unspecified atom stereocenters. The lowest BCUT2D eigenvalue weighted by Gasteiger charge is -2.13. The Labute approximate surface area is 124 Å². The van der Waals surface area contributed by atoms with Crippen LogP contribution in [-0.4, -0.2) is 5.11 Å². The average molecular weight is 370 g/mol. The van der Waals surface area contributed by atoms with Gasteiger partial charge >= 0.3 is 0 Å². The van der Waals surface area contributed by atoms with Crippen LogP contribution in [0.3, 0.4) is 0 Å². The van der Waals surface area contributed by atoms with Crippen molar-refractivity contribution in [3.63, 3.8) is 0 Å². The number of halogens is 2. The number of aliphatic hydroxyl groups excluding tert-OH is 1. The van der Waals surface area contributed by atoms with Gasteiger partial charge in [-0.3, -0.25) is 0 Å². The van der Waals surface area contributed by atoms with Crippen molar-refractivity contribution in [1.82, 2.24) is 0 Å². The third-order valence-corrected chi connectivity index (χ3v) is 3.82. The maximum atomic E-state index is 10.4. The maximum Gasteiger partial charge on any atom is 0.104 e. The Bertz CT molecular complexity index is 514. The first kappa shape index (κ1) is 13.8. The van der Waals surface area contributed by atoms with Gasteiger partial charge in [0.1, 0.15) is 6.10 Å². The molecule has 0 bridgehead atoms. The molecule has 0 aliphatic rings. The molecule has 1 atom stereocenters. The smallest absolute Gasteiger partial charge is 0.104 e. The average Bonchev–Trinajstić information content (AvgIpc) is 2.37. The highest BCUT2D eigenvalue weighted by Gasteiger charge is 2.11. The quantitative estimate of drug-likeness (QED) is 0.819. The van der Waals surface area contributed by atoms with Crippen molar-refractivity contribution in [3.05, 3.63) is 68.1 Å². The summed E-state index contributed by atoms with van der Waals surface area (Å²) in [6.07, 6.45) is 0.420. The number of aliphatic hydroxyl groups is 1. The maximum absolute atomic E-state index is 10.4. The molecule has 3 heteroatoms. The second-order valence-corrected chi connectivity index (χ2v) is 6.03. The van der Waals surface area contributed by atoms with Gasteiger partial charge in [-0.15, -0.1) is 0 Å². The van der Waals surface area contributed by atoms with Crippen LogP contribution in [0.5, 0.6) is 0 Å². The summed E-state index contributed by atoms with van der Waals surface area (Å²) in [5, 5.41) is 10.4. The molecular formula is C15H14Br2O. The molecule has 94 valence electrons. The number of benzene rings is 2. The van der Waals surface area contributed by atoms with E-state index in [1.807, 2.05) is 30.3 Å². The minimum atomic E-state index is -0.593. The molecule has 0 spiro atoms. The van der Waals surface area contributed by atoms with Crippen LogP contribution in [0, 0.1) is 0 Å². The summed E-state index contributed by atoms with van der Waals surface area (Å²) in [6, 6.07) is 13.9. The lowest BCUT2D eigenvalue weighted by Crippen LogP contribution is -2.00. The van der Waals surface area contributed by atoms with Crippen LogP contribution in [-0.2, 0) is 6.42 Å². The Hall–Kier alpha value is -0.640. The van der Waals surface area contributed by atoms with Crippen LogP contribution in [0.2, 0.25) is 0 Å². The topological polar surface area (TPSA) is 20.2 Å². The fraction of sp³-hybridized carbons (Fsp3) is 0.200. The lowest BCUT2D eigenvalue weighted by molar-refractivity contribution is 0.220. The van der Waals surface area contributed by atoms with Gasteiger partial charge in [-0.2, -0.15) is 0 Å². The molecule has 0 saturated heterocycles. The van der Waals surface area contributed by atoms with Gasteiger partial charge in [0.2, 0.25) is 0 Å². The first-order valence-corrected chi connectivity index (χ1v) is 7.41. The standard InChI is InChI=1S/C15H14Br2O/c1-2-10-3-5-11(6-4-10)15(18)12-7-13(16)9-14(17)8-12/h3-9,15,18H,2H2,1H3. The van der Waals surface area contributed by atoms with Gasteiger partial charge in [0.25, 0.3) is 0 Å². The minimum absolute atomic E-state index is 0.593. The van der Waals surface area contributed by atoms with Crippen LogP contribution < -0.4 is 0 Å². The van der Waals surface area contributed by atoms with Crippen molar-refractivity contribution >= 4 is 31.9 Å². The predicted molar refractivity (Wildman–Crippen MR) is 81.7 cm³/mol. The van der Waals surface area contributed by atoms with Gasteiger partial charge in [0.05, 0.1) is 0 Å². The molecule has 0 aliphatic carbocycles. The summed E-state index contributed by atoms with van der Waals surface area (Å²) in [5.74, 6) is 0. The van der Waals surface area contributed by atoms with Gasteiger partial charge in [0.15, 0.2) is 0 Å². The fourth-order valence-electron chi connectivity index (χ4n) is 1.86. The number of rotatable bonds is 3. The molecular weight excluding hydrogens is 356 g/mol. The minimum Gasteiger partial charge on any atom is -0.384 e. The Balaban J connectivity index is 2.31. The van der Waals surface area contributed by atoms with Crippen molar-refractivity contribution in [3.8, 4) is 0 Å². The Kier molecular flexibility index (Phi) is 4.60. The van der Waals surface area contributed by atoms with Crippen LogP contribution in [0.15, 0.2) is 51.4 Å². The number of aryl methyl sites for hydroxylation is 1. The van der Waals surface area contributed by atoms with E-state index in [-0.39, 0.29) is 0 Å². The summed E-state index contributed by atoms with van der Waals surface area (Å²) in [5.41, 5.74) is 3.07. The molecule has 1 nitrogen and oxygen atoms in total. The fourth-order valence-corrected chi connectivity index (χ4v) is 3.19. The molecule has 18 heavy (non-hydrogen) atoms. The molecule has 2 rings (SSSR count). The van der Waals surface area contributed by atoms with Gasteiger partial charge < -0.3 is 5.11 Å². The van der Waals surface area contributed by atoms with Crippen LogP contribution in [0.1, 0.15) is 29.7 Å². The van der Waals surface area contributed by atoms with Crippen molar-refractivity contribution in [2.24, 2.45) is 0 Å². The number of hydrogen-bond acceptors (Lipinski definition) is 1. The summed E-state index contributed by atoms with van der Waals surface area (Å²) in [7, 11) is 0. The van der Waals surface area contributed by atoms with Crippen molar-refractivity contribution in [1.29, 1.82) is 0 Å². The van der Waals surface area contributed by atoms with E-state index in [0.717, 1.165) is 26.5 Å². The molecule has 2 aromatic rings. The van der Waals surface area contributed by atoms with Gasteiger partial charge in [-0.25, -0.2) is 0 Å². The van der Waals surface area contributed by atoms with E-state index >= 15 is 0 Å². The summed E-state index contributed by atoms with van der Waals surface area (Å²) < 4.78 is 1.91. The van der Waals surface area contributed by atoms with Crippen LogP contribution in [0.25, 0.3) is 0 Å². The first-order valence-electron chi connectivity index (χ1n) is 5.83. The van der Waals surface area contributed by atoms with Crippen molar-refractivity contribution < 1.29 is 5.11 Å². The molecule has 0 amide bonds. The van der Waals surface area contributed by atoms with E-state index in [2.05, 4.69) is 50.9 Å².